The maximum absolute atomic E-state index is 10.1. The molecule has 30 heteroatoms. The van der Waals surface area contributed by atoms with Gasteiger partial charge in [-0.1, -0.05) is 127 Å². The third kappa shape index (κ3) is 303. The molecule has 0 bridgehead atoms. The van der Waals surface area contributed by atoms with Gasteiger partial charge in [0.25, 0.3) is 0 Å². The van der Waals surface area contributed by atoms with Gasteiger partial charge in [0.15, 0.2) is 20.7 Å². The zero-order valence-electron chi connectivity index (χ0n) is 27.8. The Labute approximate surface area is 356 Å². The molecule has 0 amide bonds. The van der Waals surface area contributed by atoms with Crippen molar-refractivity contribution in [3.05, 3.63) is 5.05 Å². The second-order valence-electron chi connectivity index (χ2n) is 7.49. The molecule has 2 N–H and O–H groups in total. The molecule has 0 aliphatic heterocycles. The van der Waals surface area contributed by atoms with Crippen LogP contribution in [0, 0.1) is 0 Å². The van der Waals surface area contributed by atoms with Crippen molar-refractivity contribution in [1.29, 1.82) is 0 Å². The third-order valence-corrected chi connectivity index (χ3v) is 9.17. The normalized spacial score (nSPS) is 13.0. The van der Waals surface area contributed by atoms with E-state index in [4.69, 9.17) is 102 Å². The topological polar surface area (TPSA) is 196 Å². The van der Waals surface area contributed by atoms with Gasteiger partial charge < -0.3 is 24.3 Å². The fourth-order valence-electron chi connectivity index (χ4n) is 0. The van der Waals surface area contributed by atoms with Gasteiger partial charge in [-0.3, -0.25) is 18.6 Å². The van der Waals surface area contributed by atoms with Gasteiger partial charge in [-0.15, -0.1) is 0 Å². The molecule has 0 heterocycles. The van der Waals surface area contributed by atoms with Crippen molar-refractivity contribution >= 4 is 157 Å². The Balaban J connectivity index is -0.0000000296. The van der Waals surface area contributed by atoms with Crippen LogP contribution >= 0.6 is 140 Å². The van der Waals surface area contributed by atoms with Crippen LogP contribution in [-0.4, -0.2) is 92.7 Å². The van der Waals surface area contributed by atoms with Crippen LogP contribution in [0.15, 0.2) is 9.49 Å². The van der Waals surface area contributed by atoms with E-state index in [9.17, 15) is 18.6 Å². The molecule has 0 radical (unpaired) electrons. The maximum atomic E-state index is 10.1. The Morgan fingerprint density at radius 3 is 0.787 bits per heavy atom. The van der Waals surface area contributed by atoms with E-state index < -0.39 is 56.5 Å². The van der Waals surface area contributed by atoms with Crippen LogP contribution in [0.3, 0.4) is 0 Å². The van der Waals surface area contributed by atoms with Crippen molar-refractivity contribution in [1.82, 2.24) is 0 Å². The first-order valence-corrected chi connectivity index (χ1v) is 35.3. The van der Waals surface area contributed by atoms with Gasteiger partial charge in [-0.25, -0.2) is 0 Å². The first-order valence-electron chi connectivity index (χ1n) is 10.8. The average Bonchev–Trinajstić information content (AvgIpc) is 2.71. The zero-order valence-corrected chi connectivity index (χ0v) is 41.8. The molecular weight excluding hydrogens is 953 g/mol. The minimum Gasteiger partial charge on any atom is -0.827 e. The second-order valence-corrected chi connectivity index (χ2v) is 38.9. The van der Waals surface area contributed by atoms with E-state index in [1.54, 1.807) is 48.2 Å². The van der Waals surface area contributed by atoms with Crippen molar-refractivity contribution in [2.24, 2.45) is 9.49 Å². The average molecular weight is 1010 g/mol. The number of rotatable bonds is 3. The monoisotopic (exact) mass is 1000 g/mol. The molecule has 0 spiro atoms. The summed E-state index contributed by atoms with van der Waals surface area (Å²) in [5, 5.41) is 8.16. The Morgan fingerprint density at radius 1 is 0.723 bits per heavy atom. The van der Waals surface area contributed by atoms with E-state index in [1.165, 1.54) is 20.0 Å². The molecule has 288 valence electrons. The molecule has 0 aromatic rings. The van der Waals surface area contributed by atoms with Crippen LogP contribution in [0.4, 0.5) is 0 Å². The Bertz CT molecular complexity index is 940. The number of nitrogens with zero attached hydrogens (tertiary/aromatic N) is 3. The summed E-state index contributed by atoms with van der Waals surface area (Å²) in [6.45, 7) is 16.1. The molecule has 0 saturated heterocycles. The predicted octanol–water partition coefficient (Wildman–Crippen LogP) is 7.59. The molecular formula is C17H52Cl9Li2N3O8P6SSi. The van der Waals surface area contributed by atoms with Crippen LogP contribution in [0.2, 0.25) is 13.1 Å². The van der Waals surface area contributed by atoms with Crippen molar-refractivity contribution < 1.29 is 74.5 Å². The Hall–Kier alpha value is 5.23. The van der Waals surface area contributed by atoms with Crippen molar-refractivity contribution in [3.8, 4) is 0 Å². The Morgan fingerprint density at radius 2 is 0.787 bits per heavy atom. The van der Waals surface area contributed by atoms with E-state index in [0.29, 0.717) is 12.3 Å². The van der Waals surface area contributed by atoms with Crippen LogP contribution in [-0.2, 0) is 22.0 Å². The van der Waals surface area contributed by atoms with Gasteiger partial charge in [-0.2, -0.15) is 17.0 Å². The maximum Gasteiger partial charge on any atom is 1.00 e. The minimum atomic E-state index is -3.72. The van der Waals surface area contributed by atoms with Crippen molar-refractivity contribution in [2.75, 3.05) is 65.9 Å². The van der Waals surface area contributed by atoms with Crippen molar-refractivity contribution in [2.45, 2.75) is 48.7 Å². The summed E-state index contributed by atoms with van der Waals surface area (Å²) >= 11 is 36.3. The smallest absolute Gasteiger partial charge is 0.827 e. The molecule has 47 heavy (non-hydrogen) atoms. The number of hydrogen-bond acceptors (Lipinski definition) is 8. The van der Waals surface area contributed by atoms with Gasteiger partial charge in [-0.05, 0) is 26.2 Å². The largest absolute Gasteiger partial charge is 1.00 e. The van der Waals surface area contributed by atoms with Crippen LogP contribution < -0.4 is 42.6 Å². The molecule has 0 aliphatic rings. The minimum absolute atomic E-state index is 0. The molecule has 0 saturated carbocycles. The first kappa shape index (κ1) is 84.7. The van der Waals surface area contributed by atoms with E-state index in [1.807, 2.05) is 13.1 Å². The van der Waals surface area contributed by atoms with E-state index in [2.05, 4.69) is 30.9 Å². The van der Waals surface area contributed by atoms with Gasteiger partial charge in [0.2, 0.25) is 0 Å². The van der Waals surface area contributed by atoms with Gasteiger partial charge in [0.05, 0.1) is 0 Å². The van der Waals surface area contributed by atoms with Crippen LogP contribution in [0.25, 0.3) is 5.05 Å². The summed E-state index contributed by atoms with van der Waals surface area (Å²) < 4.78 is 56.0. The molecule has 0 fully saturated rings. The first-order chi connectivity index (χ1) is 18.3. The summed E-state index contributed by atoms with van der Waals surface area (Å²) in [6, 6.07) is 0. The summed E-state index contributed by atoms with van der Waals surface area (Å²) in [6.07, 6.45) is 1.03. The third-order valence-electron chi connectivity index (χ3n) is 2.45. The molecule has 3 atom stereocenters. The van der Waals surface area contributed by atoms with E-state index >= 15 is 0 Å². The van der Waals surface area contributed by atoms with Crippen LogP contribution in [0.5, 0.6) is 0 Å². The fourth-order valence-corrected chi connectivity index (χ4v) is 0. The van der Waals surface area contributed by atoms with E-state index in [-0.39, 0.29) is 58.7 Å². The molecule has 11 nitrogen and oxygen atoms in total. The number of halogens is 9. The molecule has 0 aliphatic carbocycles. The zero-order chi connectivity index (χ0) is 37.7. The second kappa shape index (κ2) is 47.4. The van der Waals surface area contributed by atoms with Gasteiger partial charge in [0.1, 0.15) is 11.5 Å². The fraction of sp³-hybridized carbons (Fsp3) is 1.00. The predicted molar refractivity (Wildman–Crippen MR) is 222 cm³/mol. The van der Waals surface area contributed by atoms with Crippen LogP contribution in [0.1, 0.15) is 35.6 Å². The number of hydrogen-bond donors (Lipinski definition) is 2. The molecule has 0 rings (SSSR count). The summed E-state index contributed by atoms with van der Waals surface area (Å²) in [7, 11) is -1.02. The summed E-state index contributed by atoms with van der Waals surface area (Å²) in [5.41, 5.74) is 0. The Kier molecular flexibility index (Phi) is 85.4. The van der Waals surface area contributed by atoms with Gasteiger partial charge in [0, 0.05) is 68.5 Å². The van der Waals surface area contributed by atoms with Crippen molar-refractivity contribution in [3.63, 3.8) is 0 Å². The van der Waals surface area contributed by atoms with E-state index in [0.717, 1.165) is 0 Å². The van der Waals surface area contributed by atoms with Gasteiger partial charge >= 0.3 is 46.0 Å². The summed E-state index contributed by atoms with van der Waals surface area (Å²) in [5.74, 6) is -4.86. The molecule has 0 aromatic heterocycles. The summed E-state index contributed by atoms with van der Waals surface area (Å²) in [4.78, 5) is 26.8. The SMILES string of the molecule is C.C.CCP(C)(=O)O.CCP(C)(=O)O.CCP(C)(=O)[O-].CN=P(C)(Cl)Cl.CN=P(C)(Cl)Cl.C[Si](C)=[N-].ClP(Cl)Cl.O=S(=O)(Cl)Cl.[Li+].[Li+]. The standard InChI is InChI=1S/3C3H9O2P.2C2H6Cl2NP.C2H6NSi.2CH4.Cl3P.Cl2O2S.2Li/c3*1-3-6(2,4)5;2*1-5-6(2,3)4;1-4(2)3;;;1-4(2)3;1-5(2,3)4;;/h3*3H2,1-2H3,(H,4,5);2*1-2H3;1-2H3;2*1H4;;;;/q;;;;;-1;;;;;2*+1/p-1. The molecule has 3 unspecified atom stereocenters. The molecule has 0 aromatic carbocycles. The quantitative estimate of drug-likeness (QED) is 0.164.